The molecule has 0 atom stereocenters. The van der Waals surface area contributed by atoms with Gasteiger partial charge in [-0.1, -0.05) is 19.1 Å². The Morgan fingerprint density at radius 2 is 1.95 bits per heavy atom. The van der Waals surface area contributed by atoms with Gasteiger partial charge in [-0.2, -0.15) is 0 Å². The molecule has 2 aromatic heterocycles. The molecule has 0 unspecified atom stereocenters. The molecule has 0 amide bonds. The van der Waals surface area contributed by atoms with Gasteiger partial charge in [0.25, 0.3) is 0 Å². The molecule has 114 valence electrons. The van der Waals surface area contributed by atoms with Gasteiger partial charge in [0.2, 0.25) is 0 Å². The van der Waals surface area contributed by atoms with Crippen LogP contribution in [0.2, 0.25) is 0 Å². The van der Waals surface area contributed by atoms with Crippen molar-refractivity contribution in [2.75, 3.05) is 11.9 Å². The standard InChI is InChI=1S/C15H24N6/c1-5-8-13-18-14(11(4)15(19-13)16-7-3)12-10-17-20-21(12)9-6-2/h10H,5-9H2,1-4H3,(H,16,18,19). The summed E-state index contributed by atoms with van der Waals surface area (Å²) in [5, 5.41) is 11.5. The van der Waals surface area contributed by atoms with Crippen LogP contribution >= 0.6 is 0 Å². The molecule has 2 aromatic rings. The first-order valence-corrected chi connectivity index (χ1v) is 7.71. The first kappa shape index (κ1) is 15.4. The van der Waals surface area contributed by atoms with Crippen molar-refractivity contribution in [1.29, 1.82) is 0 Å². The minimum atomic E-state index is 0.843. The van der Waals surface area contributed by atoms with Crippen LogP contribution in [0.5, 0.6) is 0 Å². The van der Waals surface area contributed by atoms with Gasteiger partial charge in [0.1, 0.15) is 17.3 Å². The van der Waals surface area contributed by atoms with Crippen molar-refractivity contribution in [2.24, 2.45) is 0 Å². The summed E-state index contributed by atoms with van der Waals surface area (Å²) in [4.78, 5) is 9.36. The maximum Gasteiger partial charge on any atom is 0.133 e. The molecule has 6 heteroatoms. The van der Waals surface area contributed by atoms with Crippen molar-refractivity contribution < 1.29 is 0 Å². The van der Waals surface area contributed by atoms with E-state index >= 15 is 0 Å². The fraction of sp³-hybridized carbons (Fsp3) is 0.600. The van der Waals surface area contributed by atoms with Crippen LogP contribution in [0.25, 0.3) is 11.4 Å². The molecule has 0 saturated carbocycles. The highest BCUT2D eigenvalue weighted by molar-refractivity contribution is 5.64. The molecule has 0 saturated heterocycles. The summed E-state index contributed by atoms with van der Waals surface area (Å²) in [5.74, 6) is 1.79. The highest BCUT2D eigenvalue weighted by Crippen LogP contribution is 2.25. The normalized spacial score (nSPS) is 10.9. The lowest BCUT2D eigenvalue weighted by atomic mass is 10.1. The van der Waals surface area contributed by atoms with Crippen LogP contribution in [-0.2, 0) is 13.0 Å². The number of aryl methyl sites for hydroxylation is 2. The van der Waals surface area contributed by atoms with E-state index in [9.17, 15) is 0 Å². The van der Waals surface area contributed by atoms with Crippen molar-refractivity contribution in [1.82, 2.24) is 25.0 Å². The second-order valence-electron chi connectivity index (χ2n) is 5.08. The van der Waals surface area contributed by atoms with E-state index < -0.39 is 0 Å². The first-order valence-electron chi connectivity index (χ1n) is 7.71. The molecule has 6 nitrogen and oxygen atoms in total. The van der Waals surface area contributed by atoms with E-state index in [0.717, 1.165) is 60.9 Å². The number of hydrogen-bond acceptors (Lipinski definition) is 5. The van der Waals surface area contributed by atoms with E-state index in [2.05, 4.69) is 41.4 Å². The number of aromatic nitrogens is 5. The Balaban J connectivity index is 2.52. The van der Waals surface area contributed by atoms with E-state index in [-0.39, 0.29) is 0 Å². The molecule has 2 rings (SSSR count). The van der Waals surface area contributed by atoms with Crippen LogP contribution in [-0.4, -0.2) is 31.5 Å². The molecule has 21 heavy (non-hydrogen) atoms. The smallest absolute Gasteiger partial charge is 0.133 e. The Kier molecular flexibility index (Phi) is 5.25. The summed E-state index contributed by atoms with van der Waals surface area (Å²) in [6.45, 7) is 10.1. The minimum absolute atomic E-state index is 0.843. The Morgan fingerprint density at radius 3 is 2.62 bits per heavy atom. The van der Waals surface area contributed by atoms with Crippen LogP contribution in [0.3, 0.4) is 0 Å². The van der Waals surface area contributed by atoms with Gasteiger partial charge in [-0.25, -0.2) is 14.6 Å². The third-order valence-electron chi connectivity index (χ3n) is 3.31. The van der Waals surface area contributed by atoms with E-state index in [0.29, 0.717) is 0 Å². The molecular formula is C15H24N6. The topological polar surface area (TPSA) is 68.5 Å². The minimum Gasteiger partial charge on any atom is -0.370 e. The average molecular weight is 288 g/mol. The highest BCUT2D eigenvalue weighted by Gasteiger charge is 2.16. The third kappa shape index (κ3) is 3.37. The maximum atomic E-state index is 4.74. The highest BCUT2D eigenvalue weighted by atomic mass is 15.4. The maximum absolute atomic E-state index is 4.74. The molecule has 0 fully saturated rings. The number of nitrogens with one attached hydrogen (secondary N) is 1. The Bertz CT molecular complexity index is 590. The van der Waals surface area contributed by atoms with Crippen molar-refractivity contribution in [2.45, 2.75) is 53.5 Å². The fourth-order valence-electron chi connectivity index (χ4n) is 2.31. The second-order valence-corrected chi connectivity index (χ2v) is 5.08. The van der Waals surface area contributed by atoms with Crippen LogP contribution in [0.4, 0.5) is 5.82 Å². The monoisotopic (exact) mass is 288 g/mol. The lowest BCUT2D eigenvalue weighted by Crippen LogP contribution is -2.10. The molecule has 0 aliphatic carbocycles. The first-order chi connectivity index (χ1) is 10.2. The quantitative estimate of drug-likeness (QED) is 0.848. The predicted octanol–water partition coefficient (Wildman–Crippen LogP) is 2.84. The zero-order chi connectivity index (χ0) is 15.2. The van der Waals surface area contributed by atoms with Crippen molar-refractivity contribution >= 4 is 5.82 Å². The number of hydrogen-bond donors (Lipinski definition) is 1. The van der Waals surface area contributed by atoms with Gasteiger partial charge in [-0.15, -0.1) is 5.10 Å². The van der Waals surface area contributed by atoms with Gasteiger partial charge in [0, 0.05) is 25.1 Å². The molecule has 0 radical (unpaired) electrons. The Hall–Kier alpha value is -1.98. The predicted molar refractivity (Wildman–Crippen MR) is 84.2 cm³/mol. The third-order valence-corrected chi connectivity index (χ3v) is 3.31. The van der Waals surface area contributed by atoms with Gasteiger partial charge in [0.15, 0.2) is 0 Å². The van der Waals surface area contributed by atoms with Gasteiger partial charge < -0.3 is 5.32 Å². The number of anilines is 1. The zero-order valence-corrected chi connectivity index (χ0v) is 13.3. The summed E-state index contributed by atoms with van der Waals surface area (Å²) < 4.78 is 1.92. The molecule has 0 aliphatic heterocycles. The Labute approximate surface area is 126 Å². The largest absolute Gasteiger partial charge is 0.370 e. The second kappa shape index (κ2) is 7.15. The molecule has 0 spiro atoms. The van der Waals surface area contributed by atoms with Crippen LogP contribution in [0.1, 0.15) is 45.0 Å². The summed E-state index contributed by atoms with van der Waals surface area (Å²) in [6, 6.07) is 0. The molecule has 0 aromatic carbocycles. The van der Waals surface area contributed by atoms with Crippen molar-refractivity contribution in [3.63, 3.8) is 0 Å². The molecule has 2 heterocycles. The van der Waals surface area contributed by atoms with Crippen LogP contribution in [0.15, 0.2) is 6.20 Å². The molecular weight excluding hydrogens is 264 g/mol. The summed E-state index contributed by atoms with van der Waals surface area (Å²) in [7, 11) is 0. The zero-order valence-electron chi connectivity index (χ0n) is 13.3. The number of nitrogens with zero attached hydrogens (tertiary/aromatic N) is 5. The van der Waals surface area contributed by atoms with Crippen LogP contribution in [0, 0.1) is 6.92 Å². The van der Waals surface area contributed by atoms with E-state index in [1.807, 2.05) is 11.6 Å². The summed E-state index contributed by atoms with van der Waals surface area (Å²) in [6.07, 6.45) is 4.71. The van der Waals surface area contributed by atoms with Gasteiger partial charge in [0.05, 0.1) is 11.9 Å². The van der Waals surface area contributed by atoms with E-state index in [4.69, 9.17) is 4.98 Å². The van der Waals surface area contributed by atoms with E-state index in [1.54, 1.807) is 6.20 Å². The average Bonchev–Trinajstić information content (AvgIpc) is 2.91. The van der Waals surface area contributed by atoms with Crippen LogP contribution < -0.4 is 5.32 Å². The molecule has 0 bridgehead atoms. The lowest BCUT2D eigenvalue weighted by molar-refractivity contribution is 0.583. The fourth-order valence-corrected chi connectivity index (χ4v) is 2.31. The van der Waals surface area contributed by atoms with Gasteiger partial charge in [-0.3, -0.25) is 0 Å². The van der Waals surface area contributed by atoms with E-state index in [1.165, 1.54) is 0 Å². The lowest BCUT2D eigenvalue weighted by Gasteiger charge is -2.13. The van der Waals surface area contributed by atoms with Gasteiger partial charge >= 0.3 is 0 Å². The summed E-state index contributed by atoms with van der Waals surface area (Å²) >= 11 is 0. The molecule has 0 aliphatic rings. The summed E-state index contributed by atoms with van der Waals surface area (Å²) in [5.41, 5.74) is 2.95. The van der Waals surface area contributed by atoms with Gasteiger partial charge in [-0.05, 0) is 26.7 Å². The molecule has 1 N–H and O–H groups in total. The Morgan fingerprint density at radius 1 is 1.14 bits per heavy atom. The van der Waals surface area contributed by atoms with Crippen molar-refractivity contribution in [3.05, 3.63) is 17.6 Å². The number of rotatable bonds is 7. The SMILES string of the molecule is CCCc1nc(NCC)c(C)c(-c2cnnn2CCC)n1. The van der Waals surface area contributed by atoms with Crippen molar-refractivity contribution in [3.8, 4) is 11.4 Å².